The highest BCUT2D eigenvalue weighted by Gasteiger charge is 2.22. The van der Waals surface area contributed by atoms with Gasteiger partial charge in [-0.3, -0.25) is 4.79 Å². The predicted molar refractivity (Wildman–Crippen MR) is 78.1 cm³/mol. The number of rotatable bonds is 3. The maximum atomic E-state index is 12.1. The molecule has 1 aromatic rings. The molecule has 0 radical (unpaired) electrons. The Kier molecular flexibility index (Phi) is 6.12. The largest absolute Gasteiger partial charge is 0.497 e. The van der Waals surface area contributed by atoms with Gasteiger partial charge in [0.15, 0.2) is 0 Å². The highest BCUT2D eigenvalue weighted by atomic mass is 35.5. The van der Waals surface area contributed by atoms with Crippen molar-refractivity contribution in [3.05, 3.63) is 29.8 Å². The fourth-order valence-corrected chi connectivity index (χ4v) is 2.22. The molecule has 0 bridgehead atoms. The zero-order valence-electron chi connectivity index (χ0n) is 11.3. The van der Waals surface area contributed by atoms with Crippen LogP contribution in [-0.2, 0) is 0 Å². The van der Waals surface area contributed by atoms with Crippen LogP contribution < -0.4 is 15.4 Å². The third kappa shape index (κ3) is 4.11. The highest BCUT2D eigenvalue weighted by Crippen LogP contribution is 2.14. The van der Waals surface area contributed by atoms with Gasteiger partial charge in [-0.15, -0.1) is 12.4 Å². The summed E-state index contributed by atoms with van der Waals surface area (Å²) in [6.45, 7) is 4.09. The molecule has 0 saturated carbocycles. The number of halogens is 1. The van der Waals surface area contributed by atoms with E-state index in [2.05, 4.69) is 17.6 Å². The van der Waals surface area contributed by atoms with Crippen LogP contribution in [0.15, 0.2) is 24.3 Å². The Morgan fingerprint density at radius 2 is 2.05 bits per heavy atom. The molecule has 106 valence electrons. The van der Waals surface area contributed by atoms with Crippen LogP contribution >= 0.6 is 12.4 Å². The molecular formula is C14H21ClN2O2. The summed E-state index contributed by atoms with van der Waals surface area (Å²) in [7, 11) is 1.62. The van der Waals surface area contributed by atoms with Crippen LogP contribution in [-0.4, -0.2) is 32.1 Å². The Bertz CT molecular complexity index is 408. The standard InChI is InChI=1S/C14H20N2O2.ClH/c1-10-9-15-8-7-13(10)16-14(17)11-3-5-12(18-2)6-4-11;/h3-6,10,13,15H,7-9H2,1-2H3,(H,16,17);1H. The summed E-state index contributed by atoms with van der Waals surface area (Å²) in [4.78, 5) is 12.1. The molecule has 4 nitrogen and oxygen atoms in total. The molecule has 1 fully saturated rings. The average molecular weight is 285 g/mol. The van der Waals surface area contributed by atoms with E-state index in [-0.39, 0.29) is 24.4 Å². The molecular weight excluding hydrogens is 264 g/mol. The molecule has 2 atom stereocenters. The number of hydrogen-bond donors (Lipinski definition) is 2. The van der Waals surface area contributed by atoms with Crippen molar-refractivity contribution < 1.29 is 9.53 Å². The molecule has 2 rings (SSSR count). The van der Waals surface area contributed by atoms with Gasteiger partial charge < -0.3 is 15.4 Å². The van der Waals surface area contributed by atoms with E-state index in [1.807, 2.05) is 0 Å². The molecule has 0 spiro atoms. The molecule has 1 aliphatic rings. The molecule has 1 heterocycles. The zero-order valence-corrected chi connectivity index (χ0v) is 12.1. The van der Waals surface area contributed by atoms with E-state index in [9.17, 15) is 4.79 Å². The van der Waals surface area contributed by atoms with Gasteiger partial charge in [0.25, 0.3) is 5.91 Å². The summed E-state index contributed by atoms with van der Waals surface area (Å²) in [6.07, 6.45) is 0.989. The van der Waals surface area contributed by atoms with Gasteiger partial charge in [0.2, 0.25) is 0 Å². The molecule has 2 N–H and O–H groups in total. The molecule has 1 amide bonds. The summed E-state index contributed by atoms with van der Waals surface area (Å²) in [5.41, 5.74) is 0.682. The van der Waals surface area contributed by atoms with Gasteiger partial charge in [0.05, 0.1) is 7.11 Å². The first-order valence-electron chi connectivity index (χ1n) is 6.36. The second-order valence-electron chi connectivity index (χ2n) is 4.78. The number of hydrogen-bond acceptors (Lipinski definition) is 3. The van der Waals surface area contributed by atoms with Crippen LogP contribution in [0.25, 0.3) is 0 Å². The molecule has 5 heteroatoms. The van der Waals surface area contributed by atoms with Crippen molar-refractivity contribution in [3.8, 4) is 5.75 Å². The van der Waals surface area contributed by atoms with Crippen molar-refractivity contribution in [2.24, 2.45) is 5.92 Å². The molecule has 1 aliphatic heterocycles. The van der Waals surface area contributed by atoms with E-state index < -0.39 is 0 Å². The topological polar surface area (TPSA) is 50.4 Å². The van der Waals surface area contributed by atoms with Gasteiger partial charge in [-0.25, -0.2) is 0 Å². The Balaban J connectivity index is 0.00000180. The Labute approximate surface area is 120 Å². The van der Waals surface area contributed by atoms with Crippen LogP contribution in [0, 0.1) is 5.92 Å². The van der Waals surface area contributed by atoms with Crippen molar-refractivity contribution in [3.63, 3.8) is 0 Å². The number of nitrogens with one attached hydrogen (secondary N) is 2. The summed E-state index contributed by atoms with van der Waals surface area (Å²) < 4.78 is 5.08. The predicted octanol–water partition coefficient (Wildman–Crippen LogP) is 1.84. The first-order valence-corrected chi connectivity index (χ1v) is 6.36. The second kappa shape index (κ2) is 7.36. The molecule has 1 aromatic carbocycles. The van der Waals surface area contributed by atoms with Crippen LogP contribution in [0.4, 0.5) is 0 Å². The molecule has 1 saturated heterocycles. The summed E-state index contributed by atoms with van der Waals surface area (Å²) in [5, 5.41) is 6.43. The number of carbonyl (C=O) groups is 1. The van der Waals surface area contributed by atoms with Crippen molar-refractivity contribution in [2.75, 3.05) is 20.2 Å². The van der Waals surface area contributed by atoms with E-state index in [1.54, 1.807) is 31.4 Å². The van der Waals surface area contributed by atoms with Gasteiger partial charge in [-0.05, 0) is 49.7 Å². The van der Waals surface area contributed by atoms with Crippen LogP contribution in [0.1, 0.15) is 23.7 Å². The number of amides is 1. The third-order valence-corrected chi connectivity index (χ3v) is 3.45. The first kappa shape index (κ1) is 15.8. The lowest BCUT2D eigenvalue weighted by Crippen LogP contribution is -2.48. The lowest BCUT2D eigenvalue weighted by Gasteiger charge is -2.30. The maximum absolute atomic E-state index is 12.1. The normalized spacial score (nSPS) is 22.2. The Hall–Kier alpha value is -1.26. The maximum Gasteiger partial charge on any atom is 0.251 e. The number of ether oxygens (including phenoxy) is 1. The van der Waals surface area contributed by atoms with Gasteiger partial charge in [-0.2, -0.15) is 0 Å². The van der Waals surface area contributed by atoms with Gasteiger partial charge in [0.1, 0.15) is 5.75 Å². The second-order valence-corrected chi connectivity index (χ2v) is 4.78. The zero-order chi connectivity index (χ0) is 13.0. The lowest BCUT2D eigenvalue weighted by atomic mass is 9.95. The Morgan fingerprint density at radius 3 is 2.63 bits per heavy atom. The van der Waals surface area contributed by atoms with Crippen molar-refractivity contribution in [1.82, 2.24) is 10.6 Å². The van der Waals surface area contributed by atoms with Gasteiger partial charge >= 0.3 is 0 Å². The molecule has 19 heavy (non-hydrogen) atoms. The summed E-state index contributed by atoms with van der Waals surface area (Å²) in [5.74, 6) is 1.24. The van der Waals surface area contributed by atoms with Crippen molar-refractivity contribution >= 4 is 18.3 Å². The average Bonchev–Trinajstić information content (AvgIpc) is 2.41. The van der Waals surface area contributed by atoms with Gasteiger partial charge in [-0.1, -0.05) is 6.92 Å². The lowest BCUT2D eigenvalue weighted by molar-refractivity contribution is 0.0914. The minimum Gasteiger partial charge on any atom is -0.497 e. The number of piperidine rings is 1. The number of methoxy groups -OCH3 is 1. The quantitative estimate of drug-likeness (QED) is 0.891. The van der Waals surface area contributed by atoms with E-state index in [4.69, 9.17) is 4.74 Å². The number of carbonyl (C=O) groups excluding carboxylic acids is 1. The SMILES string of the molecule is COc1ccc(C(=O)NC2CCNCC2C)cc1.Cl. The fraction of sp³-hybridized carbons (Fsp3) is 0.500. The monoisotopic (exact) mass is 284 g/mol. The van der Waals surface area contributed by atoms with E-state index in [1.165, 1.54) is 0 Å². The summed E-state index contributed by atoms with van der Waals surface area (Å²) >= 11 is 0. The van der Waals surface area contributed by atoms with E-state index >= 15 is 0 Å². The summed E-state index contributed by atoms with van der Waals surface area (Å²) in [6, 6.07) is 7.46. The van der Waals surface area contributed by atoms with Crippen molar-refractivity contribution in [2.45, 2.75) is 19.4 Å². The van der Waals surface area contributed by atoms with E-state index in [0.717, 1.165) is 25.3 Å². The van der Waals surface area contributed by atoms with E-state index in [0.29, 0.717) is 11.5 Å². The van der Waals surface area contributed by atoms with Crippen molar-refractivity contribution in [1.29, 1.82) is 0 Å². The Morgan fingerprint density at radius 1 is 1.37 bits per heavy atom. The third-order valence-electron chi connectivity index (χ3n) is 3.45. The minimum absolute atomic E-state index is 0. The molecule has 0 aromatic heterocycles. The smallest absolute Gasteiger partial charge is 0.251 e. The fourth-order valence-electron chi connectivity index (χ4n) is 2.22. The highest BCUT2D eigenvalue weighted by molar-refractivity contribution is 5.94. The van der Waals surface area contributed by atoms with Crippen LogP contribution in [0.3, 0.4) is 0 Å². The van der Waals surface area contributed by atoms with Gasteiger partial charge in [0, 0.05) is 11.6 Å². The number of benzene rings is 1. The van der Waals surface area contributed by atoms with Crippen LogP contribution in [0.5, 0.6) is 5.75 Å². The first-order chi connectivity index (χ1) is 8.70. The molecule has 0 aliphatic carbocycles. The molecule has 2 unspecified atom stereocenters. The minimum atomic E-state index is -0.00333. The van der Waals surface area contributed by atoms with Crippen LogP contribution in [0.2, 0.25) is 0 Å².